The lowest BCUT2D eigenvalue weighted by molar-refractivity contribution is 0.0911. The van der Waals surface area contributed by atoms with Crippen LogP contribution in [0.2, 0.25) is 5.02 Å². The fourth-order valence-corrected chi connectivity index (χ4v) is 3.44. The summed E-state index contributed by atoms with van der Waals surface area (Å²) in [5.74, 6) is 0.0262. The Morgan fingerprint density at radius 1 is 1.48 bits per heavy atom. The SMILES string of the molecule is CC(Sc1nnnn1CC1CCCO1)C(=O)c1ccc(Cl)cc1. The van der Waals surface area contributed by atoms with E-state index in [1.807, 2.05) is 6.92 Å². The van der Waals surface area contributed by atoms with Crippen molar-refractivity contribution in [3.05, 3.63) is 34.9 Å². The number of ether oxygens (including phenoxy) is 1. The molecule has 8 heteroatoms. The topological polar surface area (TPSA) is 69.9 Å². The first kappa shape index (κ1) is 16.4. The van der Waals surface area contributed by atoms with Crippen LogP contribution in [0.1, 0.15) is 30.1 Å². The van der Waals surface area contributed by atoms with Crippen LogP contribution in [-0.2, 0) is 11.3 Å². The van der Waals surface area contributed by atoms with Gasteiger partial charge in [-0.2, -0.15) is 0 Å². The van der Waals surface area contributed by atoms with E-state index in [4.69, 9.17) is 16.3 Å². The molecule has 0 aliphatic carbocycles. The molecule has 23 heavy (non-hydrogen) atoms. The van der Waals surface area contributed by atoms with Crippen molar-refractivity contribution in [3.8, 4) is 0 Å². The van der Waals surface area contributed by atoms with Gasteiger partial charge in [0.15, 0.2) is 5.78 Å². The second-order valence-corrected chi connectivity index (χ2v) is 7.15. The minimum Gasteiger partial charge on any atom is -0.376 e. The van der Waals surface area contributed by atoms with E-state index in [9.17, 15) is 4.79 Å². The lowest BCUT2D eigenvalue weighted by atomic mass is 10.1. The molecule has 6 nitrogen and oxygen atoms in total. The van der Waals surface area contributed by atoms with Crippen LogP contribution in [0.3, 0.4) is 0 Å². The van der Waals surface area contributed by atoms with E-state index < -0.39 is 0 Å². The first-order chi connectivity index (χ1) is 11.1. The maximum atomic E-state index is 12.5. The molecule has 1 aromatic carbocycles. The van der Waals surface area contributed by atoms with Crippen molar-refractivity contribution < 1.29 is 9.53 Å². The van der Waals surface area contributed by atoms with Crippen molar-refractivity contribution in [2.75, 3.05) is 6.61 Å². The Kier molecular flexibility index (Phi) is 5.30. The molecule has 0 saturated carbocycles. The van der Waals surface area contributed by atoms with E-state index in [1.54, 1.807) is 28.9 Å². The summed E-state index contributed by atoms with van der Waals surface area (Å²) < 4.78 is 7.32. The fraction of sp³-hybridized carbons (Fsp3) is 0.467. The number of aromatic nitrogens is 4. The highest BCUT2D eigenvalue weighted by Crippen LogP contribution is 2.25. The highest BCUT2D eigenvalue weighted by Gasteiger charge is 2.22. The molecule has 1 aliphatic rings. The number of hydrogen-bond donors (Lipinski definition) is 0. The molecule has 1 aromatic heterocycles. The molecule has 2 heterocycles. The van der Waals surface area contributed by atoms with Crippen molar-refractivity contribution in [1.82, 2.24) is 20.2 Å². The van der Waals surface area contributed by atoms with Gasteiger partial charge >= 0.3 is 0 Å². The average molecular weight is 353 g/mol. The van der Waals surface area contributed by atoms with Gasteiger partial charge in [-0.15, -0.1) is 5.10 Å². The van der Waals surface area contributed by atoms with E-state index >= 15 is 0 Å². The normalized spacial score (nSPS) is 19.0. The van der Waals surface area contributed by atoms with Gasteiger partial charge in [-0.25, -0.2) is 4.68 Å². The zero-order valence-corrected chi connectivity index (χ0v) is 14.3. The van der Waals surface area contributed by atoms with E-state index in [0.717, 1.165) is 19.4 Å². The predicted molar refractivity (Wildman–Crippen MR) is 87.9 cm³/mol. The third-order valence-electron chi connectivity index (χ3n) is 3.68. The summed E-state index contributed by atoms with van der Waals surface area (Å²) in [6.07, 6.45) is 2.24. The molecule has 1 fully saturated rings. The van der Waals surface area contributed by atoms with Crippen molar-refractivity contribution in [3.63, 3.8) is 0 Å². The number of rotatable bonds is 6. The average Bonchev–Trinajstić information content (AvgIpc) is 3.20. The Labute approximate surface area is 143 Å². The van der Waals surface area contributed by atoms with Gasteiger partial charge in [-0.05, 0) is 54.5 Å². The summed E-state index contributed by atoms with van der Waals surface area (Å²) in [4.78, 5) is 12.5. The van der Waals surface area contributed by atoms with Gasteiger partial charge in [0.25, 0.3) is 0 Å². The number of nitrogens with zero attached hydrogens (tertiary/aromatic N) is 4. The fourth-order valence-electron chi connectivity index (χ4n) is 2.44. The number of thioether (sulfide) groups is 1. The Hall–Kier alpha value is -1.44. The predicted octanol–water partition coefficient (Wildman–Crippen LogP) is 2.87. The summed E-state index contributed by atoms with van der Waals surface area (Å²) in [6.45, 7) is 3.27. The number of benzene rings is 1. The molecule has 0 N–H and O–H groups in total. The van der Waals surface area contributed by atoms with E-state index in [0.29, 0.717) is 22.3 Å². The second-order valence-electron chi connectivity index (χ2n) is 5.41. The minimum atomic E-state index is -0.287. The van der Waals surface area contributed by atoms with Crippen LogP contribution < -0.4 is 0 Å². The molecule has 1 saturated heterocycles. The molecule has 3 rings (SSSR count). The molecule has 1 aliphatic heterocycles. The summed E-state index contributed by atoms with van der Waals surface area (Å²) in [6, 6.07) is 6.90. The Morgan fingerprint density at radius 3 is 2.96 bits per heavy atom. The van der Waals surface area contributed by atoms with Crippen molar-refractivity contribution in [2.45, 2.75) is 42.8 Å². The zero-order chi connectivity index (χ0) is 16.2. The molecule has 122 valence electrons. The number of carbonyl (C=O) groups excluding carboxylic acids is 1. The highest BCUT2D eigenvalue weighted by atomic mass is 35.5. The number of carbonyl (C=O) groups is 1. The molecule has 2 unspecified atom stereocenters. The number of ketones is 1. The molecule has 2 atom stereocenters. The lowest BCUT2D eigenvalue weighted by Gasteiger charge is -2.12. The van der Waals surface area contributed by atoms with Gasteiger partial charge in [-0.1, -0.05) is 23.4 Å². The van der Waals surface area contributed by atoms with Crippen molar-refractivity contribution in [1.29, 1.82) is 0 Å². The van der Waals surface area contributed by atoms with Gasteiger partial charge in [0.05, 0.1) is 17.9 Å². The van der Waals surface area contributed by atoms with Gasteiger partial charge in [0, 0.05) is 17.2 Å². The lowest BCUT2D eigenvalue weighted by Crippen LogP contribution is -2.19. The number of halogens is 1. The molecule has 2 aromatic rings. The zero-order valence-electron chi connectivity index (χ0n) is 12.7. The summed E-state index contributed by atoms with van der Waals surface area (Å²) >= 11 is 7.21. The van der Waals surface area contributed by atoms with E-state index in [-0.39, 0.29) is 17.1 Å². The minimum absolute atomic E-state index is 0.0262. The third kappa shape index (κ3) is 4.10. The molecule has 0 radical (unpaired) electrons. The number of tetrazole rings is 1. The Morgan fingerprint density at radius 2 is 2.26 bits per heavy atom. The number of hydrogen-bond acceptors (Lipinski definition) is 6. The summed E-state index contributed by atoms with van der Waals surface area (Å²) in [5.41, 5.74) is 0.632. The Bertz CT molecular complexity index is 670. The van der Waals surface area contributed by atoms with Crippen LogP contribution in [0.5, 0.6) is 0 Å². The smallest absolute Gasteiger partial charge is 0.210 e. The van der Waals surface area contributed by atoms with Crippen LogP contribution >= 0.6 is 23.4 Å². The second kappa shape index (κ2) is 7.42. The molecule has 0 spiro atoms. The van der Waals surface area contributed by atoms with E-state index in [1.165, 1.54) is 11.8 Å². The highest BCUT2D eigenvalue weighted by molar-refractivity contribution is 8.00. The maximum Gasteiger partial charge on any atom is 0.210 e. The van der Waals surface area contributed by atoms with Gasteiger partial charge in [0.2, 0.25) is 5.16 Å². The maximum absolute atomic E-state index is 12.5. The third-order valence-corrected chi connectivity index (χ3v) is 5.00. The van der Waals surface area contributed by atoms with Gasteiger partial charge in [0.1, 0.15) is 0 Å². The van der Waals surface area contributed by atoms with Crippen molar-refractivity contribution >= 4 is 29.1 Å². The van der Waals surface area contributed by atoms with E-state index in [2.05, 4.69) is 15.5 Å². The standard InChI is InChI=1S/C15H17ClN4O2S/c1-10(14(21)11-4-6-12(16)7-5-11)23-15-17-18-19-20(15)9-13-3-2-8-22-13/h4-7,10,13H,2-3,8-9H2,1H3. The van der Waals surface area contributed by atoms with Crippen LogP contribution in [0.15, 0.2) is 29.4 Å². The summed E-state index contributed by atoms with van der Waals surface area (Å²) in [7, 11) is 0. The largest absolute Gasteiger partial charge is 0.376 e. The monoisotopic (exact) mass is 352 g/mol. The van der Waals surface area contributed by atoms with Crippen LogP contribution in [0.25, 0.3) is 0 Å². The van der Waals surface area contributed by atoms with Crippen LogP contribution in [0.4, 0.5) is 0 Å². The van der Waals surface area contributed by atoms with Crippen molar-refractivity contribution in [2.24, 2.45) is 0 Å². The van der Waals surface area contributed by atoms with Gasteiger partial charge in [-0.3, -0.25) is 4.79 Å². The van der Waals surface area contributed by atoms with Crippen LogP contribution in [0, 0.1) is 0 Å². The first-order valence-corrected chi connectivity index (χ1v) is 8.73. The Balaban J connectivity index is 1.65. The molecule has 0 bridgehead atoms. The van der Waals surface area contributed by atoms with Crippen LogP contribution in [-0.4, -0.2) is 44.0 Å². The molecular weight excluding hydrogens is 336 g/mol. The summed E-state index contributed by atoms with van der Waals surface area (Å²) in [5, 5.41) is 12.7. The quantitative estimate of drug-likeness (QED) is 0.588. The molecule has 0 amide bonds. The first-order valence-electron chi connectivity index (χ1n) is 7.47. The number of Topliss-reactive ketones (excluding diaryl/α,β-unsaturated/α-hetero) is 1. The van der Waals surface area contributed by atoms with Gasteiger partial charge < -0.3 is 4.74 Å². The molecular formula is C15H17ClN4O2S.